The predicted molar refractivity (Wildman–Crippen MR) is 76.5 cm³/mol. The quantitative estimate of drug-likeness (QED) is 0.577. The van der Waals surface area contributed by atoms with Crippen LogP contribution in [0.15, 0.2) is 0 Å². The van der Waals surface area contributed by atoms with Gasteiger partial charge in [0, 0.05) is 19.5 Å². The Labute approximate surface area is 113 Å². The second kappa shape index (κ2) is 11.5. The summed E-state index contributed by atoms with van der Waals surface area (Å²) >= 11 is 0. The minimum absolute atomic E-state index is 0.0722. The van der Waals surface area contributed by atoms with Crippen molar-refractivity contribution in [3.05, 3.63) is 0 Å². The van der Waals surface area contributed by atoms with Gasteiger partial charge in [-0.15, -0.1) is 0 Å². The third-order valence-electron chi connectivity index (χ3n) is 3.18. The lowest BCUT2D eigenvalue weighted by Crippen LogP contribution is -2.34. The van der Waals surface area contributed by atoms with Crippen LogP contribution in [-0.4, -0.2) is 35.6 Å². The van der Waals surface area contributed by atoms with E-state index in [1.165, 1.54) is 12.8 Å². The molecule has 0 spiro atoms. The van der Waals surface area contributed by atoms with Gasteiger partial charge in [-0.2, -0.15) is 0 Å². The monoisotopic (exact) mass is 257 g/mol. The van der Waals surface area contributed by atoms with Crippen LogP contribution < -0.4 is 0 Å². The number of aliphatic hydroxyl groups is 1. The predicted octanol–water partition coefficient (Wildman–Crippen LogP) is 3.21. The van der Waals surface area contributed by atoms with Crippen LogP contribution in [0.3, 0.4) is 0 Å². The maximum Gasteiger partial charge on any atom is 0.222 e. The number of aliphatic hydroxyl groups excluding tert-OH is 1. The summed E-state index contributed by atoms with van der Waals surface area (Å²) in [5.74, 6) is 0.971. The highest BCUT2D eigenvalue weighted by Crippen LogP contribution is 2.10. The number of carbonyl (C=O) groups excluding carboxylic acids is 1. The molecule has 1 amide bonds. The van der Waals surface area contributed by atoms with Gasteiger partial charge in [0.1, 0.15) is 0 Å². The number of unbranched alkanes of at least 4 members (excludes halogenated alkanes) is 3. The molecule has 0 bridgehead atoms. The van der Waals surface area contributed by atoms with Gasteiger partial charge in [0.25, 0.3) is 0 Å². The number of carbonyl (C=O) groups is 1. The van der Waals surface area contributed by atoms with E-state index in [9.17, 15) is 4.79 Å². The van der Waals surface area contributed by atoms with Crippen molar-refractivity contribution in [3.63, 3.8) is 0 Å². The summed E-state index contributed by atoms with van der Waals surface area (Å²) in [5, 5.41) is 8.96. The summed E-state index contributed by atoms with van der Waals surface area (Å²) in [4.78, 5) is 13.8. The van der Waals surface area contributed by atoms with Crippen molar-refractivity contribution in [2.75, 3.05) is 19.7 Å². The average Bonchev–Trinajstić information content (AvgIpc) is 2.33. The Kier molecular flexibility index (Phi) is 11.2. The fourth-order valence-electron chi connectivity index (χ4n) is 1.99. The molecule has 0 aromatic heterocycles. The Hall–Kier alpha value is -0.570. The van der Waals surface area contributed by atoms with Crippen LogP contribution in [-0.2, 0) is 4.79 Å². The zero-order valence-electron chi connectivity index (χ0n) is 12.5. The van der Waals surface area contributed by atoms with Crippen LogP contribution in [0.4, 0.5) is 0 Å². The van der Waals surface area contributed by atoms with Gasteiger partial charge in [0.2, 0.25) is 5.91 Å². The minimum Gasteiger partial charge on any atom is -0.395 e. The van der Waals surface area contributed by atoms with Gasteiger partial charge in [-0.25, -0.2) is 0 Å². The van der Waals surface area contributed by atoms with E-state index in [2.05, 4.69) is 20.8 Å². The highest BCUT2D eigenvalue weighted by molar-refractivity contribution is 5.76. The molecule has 0 rings (SSSR count). The summed E-state index contributed by atoms with van der Waals surface area (Å²) in [7, 11) is 0. The number of amides is 1. The summed E-state index contributed by atoms with van der Waals surface area (Å²) < 4.78 is 0. The highest BCUT2D eigenvalue weighted by Gasteiger charge is 2.11. The van der Waals surface area contributed by atoms with Crippen LogP contribution in [0.5, 0.6) is 0 Å². The molecule has 0 aromatic rings. The van der Waals surface area contributed by atoms with E-state index in [0.29, 0.717) is 13.0 Å². The SMILES string of the molecule is CCCCN(CCO)C(=O)CCCCCC(C)C. The smallest absolute Gasteiger partial charge is 0.222 e. The zero-order chi connectivity index (χ0) is 13.8. The molecule has 0 radical (unpaired) electrons. The topological polar surface area (TPSA) is 40.5 Å². The van der Waals surface area contributed by atoms with Gasteiger partial charge in [-0.05, 0) is 18.8 Å². The molecular formula is C15H31NO2. The molecule has 0 heterocycles. The molecule has 1 N–H and O–H groups in total. The number of nitrogens with zero attached hydrogens (tertiary/aromatic N) is 1. The third-order valence-corrected chi connectivity index (χ3v) is 3.18. The van der Waals surface area contributed by atoms with Crippen molar-refractivity contribution >= 4 is 5.91 Å². The van der Waals surface area contributed by atoms with Crippen LogP contribution >= 0.6 is 0 Å². The van der Waals surface area contributed by atoms with Crippen LogP contribution in [0.2, 0.25) is 0 Å². The molecule has 0 saturated carbocycles. The lowest BCUT2D eigenvalue weighted by molar-refractivity contribution is -0.131. The van der Waals surface area contributed by atoms with Crippen LogP contribution in [0.1, 0.15) is 65.7 Å². The molecule has 0 aliphatic carbocycles. The Balaban J connectivity index is 3.73. The molecule has 108 valence electrons. The Morgan fingerprint density at radius 3 is 2.39 bits per heavy atom. The zero-order valence-corrected chi connectivity index (χ0v) is 12.5. The molecule has 0 aliphatic heterocycles. The fraction of sp³-hybridized carbons (Fsp3) is 0.933. The lowest BCUT2D eigenvalue weighted by Gasteiger charge is -2.21. The van der Waals surface area contributed by atoms with E-state index in [-0.39, 0.29) is 12.5 Å². The molecule has 3 heteroatoms. The number of rotatable bonds is 11. The normalized spacial score (nSPS) is 10.9. The van der Waals surface area contributed by atoms with Crippen molar-refractivity contribution in [3.8, 4) is 0 Å². The van der Waals surface area contributed by atoms with Gasteiger partial charge in [-0.3, -0.25) is 4.79 Å². The molecule has 0 unspecified atom stereocenters. The van der Waals surface area contributed by atoms with Crippen molar-refractivity contribution in [1.29, 1.82) is 0 Å². The Morgan fingerprint density at radius 2 is 1.83 bits per heavy atom. The maximum atomic E-state index is 12.0. The molecule has 0 saturated heterocycles. The van der Waals surface area contributed by atoms with Crippen molar-refractivity contribution in [1.82, 2.24) is 4.90 Å². The largest absolute Gasteiger partial charge is 0.395 e. The number of hydrogen-bond acceptors (Lipinski definition) is 2. The summed E-state index contributed by atoms with van der Waals surface area (Å²) in [6, 6.07) is 0. The second-order valence-electron chi connectivity index (χ2n) is 5.45. The summed E-state index contributed by atoms with van der Waals surface area (Å²) in [6.45, 7) is 7.95. The van der Waals surface area contributed by atoms with Gasteiger partial charge in [0.05, 0.1) is 6.61 Å². The first-order valence-electron chi connectivity index (χ1n) is 7.50. The van der Waals surface area contributed by atoms with E-state index in [4.69, 9.17) is 5.11 Å². The van der Waals surface area contributed by atoms with Gasteiger partial charge in [-0.1, -0.05) is 46.5 Å². The van der Waals surface area contributed by atoms with Gasteiger partial charge >= 0.3 is 0 Å². The molecule has 0 fully saturated rings. The third kappa shape index (κ3) is 9.46. The number of hydrogen-bond donors (Lipinski definition) is 1. The highest BCUT2D eigenvalue weighted by atomic mass is 16.3. The fourth-order valence-corrected chi connectivity index (χ4v) is 1.99. The first-order chi connectivity index (χ1) is 8.61. The first-order valence-corrected chi connectivity index (χ1v) is 7.50. The molecule has 0 atom stereocenters. The van der Waals surface area contributed by atoms with E-state index in [1.807, 2.05) is 4.90 Å². The van der Waals surface area contributed by atoms with E-state index in [1.54, 1.807) is 0 Å². The average molecular weight is 257 g/mol. The van der Waals surface area contributed by atoms with Crippen LogP contribution in [0, 0.1) is 5.92 Å². The minimum atomic E-state index is 0.0722. The Bertz CT molecular complexity index is 205. The standard InChI is InChI=1S/C15H31NO2/c1-4-5-11-16(12-13-17)15(18)10-8-6-7-9-14(2)3/h14,17H,4-13H2,1-3H3. The molecular weight excluding hydrogens is 226 g/mol. The lowest BCUT2D eigenvalue weighted by atomic mass is 10.0. The van der Waals surface area contributed by atoms with Gasteiger partial charge in [0.15, 0.2) is 0 Å². The summed E-state index contributed by atoms with van der Waals surface area (Å²) in [6.07, 6.45) is 7.36. The van der Waals surface area contributed by atoms with Crippen molar-refractivity contribution < 1.29 is 9.90 Å². The Morgan fingerprint density at radius 1 is 1.11 bits per heavy atom. The van der Waals surface area contributed by atoms with Gasteiger partial charge < -0.3 is 10.0 Å². The molecule has 0 aromatic carbocycles. The van der Waals surface area contributed by atoms with Crippen LogP contribution in [0.25, 0.3) is 0 Å². The van der Waals surface area contributed by atoms with E-state index in [0.717, 1.165) is 38.1 Å². The van der Waals surface area contributed by atoms with Crippen molar-refractivity contribution in [2.24, 2.45) is 5.92 Å². The summed E-state index contributed by atoms with van der Waals surface area (Å²) in [5.41, 5.74) is 0. The molecule has 18 heavy (non-hydrogen) atoms. The maximum absolute atomic E-state index is 12.0. The molecule has 0 aliphatic rings. The van der Waals surface area contributed by atoms with E-state index < -0.39 is 0 Å². The molecule has 3 nitrogen and oxygen atoms in total. The first kappa shape index (κ1) is 17.4. The second-order valence-corrected chi connectivity index (χ2v) is 5.45. The van der Waals surface area contributed by atoms with Crippen molar-refractivity contribution in [2.45, 2.75) is 65.7 Å². The van der Waals surface area contributed by atoms with E-state index >= 15 is 0 Å².